The Balaban J connectivity index is 2.07. The van der Waals surface area contributed by atoms with Crippen LogP contribution in [-0.4, -0.2) is 10.6 Å². The van der Waals surface area contributed by atoms with Crippen molar-refractivity contribution in [2.75, 3.05) is 0 Å². The molecule has 0 spiro atoms. The van der Waals surface area contributed by atoms with E-state index in [4.69, 9.17) is 5.26 Å². The van der Waals surface area contributed by atoms with Crippen molar-refractivity contribution in [1.82, 2.24) is 9.88 Å². The van der Waals surface area contributed by atoms with Crippen molar-refractivity contribution in [2.45, 2.75) is 33.0 Å². The number of hydrogen-bond acceptors (Lipinski definition) is 2. The fraction of sp³-hybridized carbons (Fsp3) is 0.312. The molecule has 1 heterocycles. The Morgan fingerprint density at radius 3 is 2.80 bits per heavy atom. The maximum Gasteiger partial charge on any atom is 0.124 e. The smallest absolute Gasteiger partial charge is 0.124 e. The molecule has 4 heteroatoms. The van der Waals surface area contributed by atoms with Crippen LogP contribution in [0.2, 0.25) is 0 Å². The van der Waals surface area contributed by atoms with Crippen LogP contribution in [0, 0.1) is 17.1 Å². The molecule has 20 heavy (non-hydrogen) atoms. The standard InChI is InChI=1S/C16H18FN3/c1-12(2)19-9-13-3-4-20(10-13)11-15-5-14(8-18)6-16(17)7-15/h3-7,10,12,19H,9,11H2,1-2H3. The van der Waals surface area contributed by atoms with Crippen molar-refractivity contribution in [3.63, 3.8) is 0 Å². The van der Waals surface area contributed by atoms with Crippen molar-refractivity contribution in [3.05, 3.63) is 59.2 Å². The number of benzene rings is 1. The maximum atomic E-state index is 13.4. The lowest BCUT2D eigenvalue weighted by Crippen LogP contribution is -2.21. The highest BCUT2D eigenvalue weighted by molar-refractivity contribution is 5.33. The number of hydrogen-bond donors (Lipinski definition) is 1. The van der Waals surface area contributed by atoms with Crippen molar-refractivity contribution in [1.29, 1.82) is 5.26 Å². The monoisotopic (exact) mass is 271 g/mol. The summed E-state index contributed by atoms with van der Waals surface area (Å²) >= 11 is 0. The van der Waals surface area contributed by atoms with Crippen LogP contribution >= 0.6 is 0 Å². The van der Waals surface area contributed by atoms with E-state index in [1.807, 2.05) is 29.1 Å². The van der Waals surface area contributed by atoms with Gasteiger partial charge in [-0.15, -0.1) is 0 Å². The lowest BCUT2D eigenvalue weighted by Gasteiger charge is -2.06. The van der Waals surface area contributed by atoms with E-state index in [9.17, 15) is 4.39 Å². The normalized spacial score (nSPS) is 10.8. The van der Waals surface area contributed by atoms with Crippen LogP contribution in [0.3, 0.4) is 0 Å². The zero-order chi connectivity index (χ0) is 14.5. The molecule has 2 aromatic rings. The first-order valence-electron chi connectivity index (χ1n) is 6.64. The molecule has 104 valence electrons. The number of nitrogens with one attached hydrogen (secondary N) is 1. The molecule has 0 amide bonds. The van der Waals surface area contributed by atoms with Crippen molar-refractivity contribution in [2.24, 2.45) is 0 Å². The van der Waals surface area contributed by atoms with Crippen LogP contribution in [0.25, 0.3) is 0 Å². The van der Waals surface area contributed by atoms with Gasteiger partial charge >= 0.3 is 0 Å². The first kappa shape index (κ1) is 14.3. The van der Waals surface area contributed by atoms with E-state index in [0.29, 0.717) is 18.2 Å². The van der Waals surface area contributed by atoms with Gasteiger partial charge in [0.15, 0.2) is 0 Å². The Labute approximate surface area is 118 Å². The first-order valence-corrected chi connectivity index (χ1v) is 6.64. The average molecular weight is 271 g/mol. The second kappa shape index (κ2) is 6.36. The average Bonchev–Trinajstić information content (AvgIpc) is 2.83. The second-order valence-corrected chi connectivity index (χ2v) is 5.19. The quantitative estimate of drug-likeness (QED) is 0.908. The van der Waals surface area contributed by atoms with Gasteiger partial charge in [0.05, 0.1) is 11.6 Å². The summed E-state index contributed by atoms with van der Waals surface area (Å²) in [4.78, 5) is 0. The molecule has 0 radical (unpaired) electrons. The lowest BCUT2D eigenvalue weighted by atomic mass is 10.1. The highest BCUT2D eigenvalue weighted by Crippen LogP contribution is 2.11. The van der Waals surface area contributed by atoms with Crippen molar-refractivity contribution >= 4 is 0 Å². The predicted octanol–water partition coefficient (Wildman–Crippen LogP) is 3.05. The summed E-state index contributed by atoms with van der Waals surface area (Å²) in [5.41, 5.74) is 2.34. The zero-order valence-corrected chi connectivity index (χ0v) is 11.7. The van der Waals surface area contributed by atoms with E-state index in [0.717, 1.165) is 12.1 Å². The summed E-state index contributed by atoms with van der Waals surface area (Å²) < 4.78 is 15.4. The van der Waals surface area contributed by atoms with Crippen LogP contribution in [0.4, 0.5) is 4.39 Å². The topological polar surface area (TPSA) is 40.8 Å². The number of nitriles is 1. The van der Waals surface area contributed by atoms with Crippen LogP contribution in [0.1, 0.15) is 30.5 Å². The summed E-state index contributed by atoms with van der Waals surface area (Å²) in [6.45, 7) is 5.59. The molecule has 0 aliphatic heterocycles. The van der Waals surface area contributed by atoms with Gasteiger partial charge in [-0.25, -0.2) is 4.39 Å². The Morgan fingerprint density at radius 1 is 1.30 bits per heavy atom. The van der Waals surface area contributed by atoms with Gasteiger partial charge in [0.1, 0.15) is 5.82 Å². The maximum absolute atomic E-state index is 13.4. The molecule has 0 aliphatic carbocycles. The molecule has 0 bridgehead atoms. The van der Waals surface area contributed by atoms with Crippen LogP contribution < -0.4 is 5.32 Å². The summed E-state index contributed by atoms with van der Waals surface area (Å²) in [6.07, 6.45) is 4.00. The highest BCUT2D eigenvalue weighted by atomic mass is 19.1. The largest absolute Gasteiger partial charge is 0.350 e. The molecule has 2 rings (SSSR count). The molecule has 0 saturated carbocycles. The van der Waals surface area contributed by atoms with Gasteiger partial charge in [-0.2, -0.15) is 5.26 Å². The molecule has 1 aromatic heterocycles. The minimum Gasteiger partial charge on any atom is -0.350 e. The number of rotatable bonds is 5. The van der Waals surface area contributed by atoms with Gasteiger partial charge in [-0.05, 0) is 35.4 Å². The minimum absolute atomic E-state index is 0.355. The molecule has 0 aliphatic rings. The third kappa shape index (κ3) is 3.94. The van der Waals surface area contributed by atoms with E-state index in [1.165, 1.54) is 17.7 Å². The summed E-state index contributed by atoms with van der Waals surface area (Å²) in [5.74, 6) is -0.368. The number of halogens is 1. The van der Waals surface area contributed by atoms with Gasteiger partial charge in [-0.3, -0.25) is 0 Å². The first-order chi connectivity index (χ1) is 9.56. The lowest BCUT2D eigenvalue weighted by molar-refractivity contribution is 0.588. The molecule has 0 atom stereocenters. The highest BCUT2D eigenvalue weighted by Gasteiger charge is 2.03. The molecular formula is C16H18FN3. The zero-order valence-electron chi connectivity index (χ0n) is 11.7. The Morgan fingerprint density at radius 2 is 2.10 bits per heavy atom. The summed E-state index contributed by atoms with van der Waals surface area (Å²) in [6, 6.07) is 8.89. The van der Waals surface area contributed by atoms with Gasteiger partial charge in [0, 0.05) is 31.5 Å². The summed E-state index contributed by atoms with van der Waals surface area (Å²) in [7, 11) is 0. The van der Waals surface area contributed by atoms with Gasteiger partial charge in [-0.1, -0.05) is 13.8 Å². The van der Waals surface area contributed by atoms with E-state index in [-0.39, 0.29) is 5.82 Å². The Kier molecular flexibility index (Phi) is 4.54. The number of aromatic nitrogens is 1. The Hall–Kier alpha value is -2.12. The third-order valence-corrected chi connectivity index (χ3v) is 2.98. The second-order valence-electron chi connectivity index (χ2n) is 5.19. The fourth-order valence-electron chi connectivity index (χ4n) is 2.03. The Bertz CT molecular complexity index is 623. The molecule has 1 aromatic carbocycles. The number of nitrogens with zero attached hydrogens (tertiary/aromatic N) is 2. The molecule has 3 nitrogen and oxygen atoms in total. The van der Waals surface area contributed by atoms with Crippen LogP contribution in [0.5, 0.6) is 0 Å². The minimum atomic E-state index is -0.368. The van der Waals surface area contributed by atoms with Crippen molar-refractivity contribution in [3.8, 4) is 6.07 Å². The third-order valence-electron chi connectivity index (χ3n) is 2.98. The molecule has 1 N–H and O–H groups in total. The van der Waals surface area contributed by atoms with E-state index in [1.54, 1.807) is 6.07 Å². The van der Waals surface area contributed by atoms with E-state index >= 15 is 0 Å². The van der Waals surface area contributed by atoms with Gasteiger partial charge in [0.25, 0.3) is 0 Å². The van der Waals surface area contributed by atoms with Gasteiger partial charge < -0.3 is 9.88 Å². The van der Waals surface area contributed by atoms with Crippen LogP contribution in [0.15, 0.2) is 36.7 Å². The van der Waals surface area contributed by atoms with Gasteiger partial charge in [0.2, 0.25) is 0 Å². The SMILES string of the molecule is CC(C)NCc1ccn(Cc2cc(F)cc(C#N)c2)c1. The van der Waals surface area contributed by atoms with E-state index in [2.05, 4.69) is 19.2 Å². The fourth-order valence-corrected chi connectivity index (χ4v) is 2.03. The van der Waals surface area contributed by atoms with Crippen LogP contribution in [-0.2, 0) is 13.1 Å². The van der Waals surface area contributed by atoms with Crippen molar-refractivity contribution < 1.29 is 4.39 Å². The molecular weight excluding hydrogens is 253 g/mol. The molecule has 0 fully saturated rings. The predicted molar refractivity (Wildman–Crippen MR) is 76.6 cm³/mol. The molecule has 0 unspecified atom stereocenters. The molecule has 0 saturated heterocycles. The summed E-state index contributed by atoms with van der Waals surface area (Å²) in [5, 5.41) is 12.2. The van der Waals surface area contributed by atoms with E-state index < -0.39 is 0 Å².